The van der Waals surface area contributed by atoms with Crippen LogP contribution in [0.4, 0.5) is 0 Å². The normalized spacial score (nSPS) is 10.1. The molecular weight excluding hydrogens is 412 g/mol. The highest BCUT2D eigenvalue weighted by Gasteiger charge is 2.18. The van der Waals surface area contributed by atoms with Crippen molar-refractivity contribution in [2.45, 2.75) is 54.4 Å². The second-order valence-corrected chi connectivity index (χ2v) is 6.37. The smallest absolute Gasteiger partial charge is 0.345 e. The van der Waals surface area contributed by atoms with Gasteiger partial charge in [-0.25, -0.2) is 24.4 Å². The van der Waals surface area contributed by atoms with Gasteiger partial charge in [0.05, 0.1) is 30.3 Å². The van der Waals surface area contributed by atoms with Crippen molar-refractivity contribution in [2.24, 2.45) is 0 Å². The highest BCUT2D eigenvalue weighted by molar-refractivity contribution is 6.28. The number of aryl methyl sites for hydroxylation is 4. The second kappa shape index (κ2) is 12.0. The molecule has 1 N–H and O–H groups in total. The Morgan fingerprint density at radius 1 is 0.867 bits per heavy atom. The van der Waals surface area contributed by atoms with Gasteiger partial charge in [-0.05, 0) is 52.1 Å². The van der Waals surface area contributed by atoms with Crippen LogP contribution in [0.15, 0.2) is 4.79 Å². The summed E-state index contributed by atoms with van der Waals surface area (Å²) in [4.78, 5) is 48.4. The minimum absolute atomic E-state index is 0.164. The van der Waals surface area contributed by atoms with Gasteiger partial charge in [-0.15, -0.1) is 0 Å². The van der Waals surface area contributed by atoms with Crippen molar-refractivity contribution in [2.75, 3.05) is 13.2 Å². The third-order valence-electron chi connectivity index (χ3n) is 3.96. The van der Waals surface area contributed by atoms with Crippen molar-refractivity contribution in [3.05, 3.63) is 49.7 Å². The van der Waals surface area contributed by atoms with Gasteiger partial charge in [-0.3, -0.25) is 0 Å². The van der Waals surface area contributed by atoms with Crippen molar-refractivity contribution in [1.82, 2.24) is 19.9 Å². The van der Waals surface area contributed by atoms with Gasteiger partial charge in [-0.1, -0.05) is 13.8 Å². The molecule has 10 heteroatoms. The Balaban J connectivity index is 0.000000300. The number of halogens is 1. The van der Waals surface area contributed by atoms with Crippen molar-refractivity contribution >= 4 is 23.5 Å². The number of esters is 2. The lowest BCUT2D eigenvalue weighted by molar-refractivity contribution is 0.0513. The fourth-order valence-corrected chi connectivity index (χ4v) is 2.92. The number of hydrogen-bond donors (Lipinski definition) is 1. The molecule has 0 saturated heterocycles. The molecule has 2 aromatic heterocycles. The molecule has 0 aliphatic heterocycles. The molecule has 0 saturated carbocycles. The highest BCUT2D eigenvalue weighted by Crippen LogP contribution is 2.15. The number of nitrogens with zero attached hydrogens (tertiary/aromatic N) is 3. The molecule has 0 radical (unpaired) electrons. The van der Waals surface area contributed by atoms with Gasteiger partial charge < -0.3 is 14.5 Å². The summed E-state index contributed by atoms with van der Waals surface area (Å²) in [7, 11) is 0. The van der Waals surface area contributed by atoms with Gasteiger partial charge in [0.1, 0.15) is 11.1 Å². The van der Waals surface area contributed by atoms with Crippen LogP contribution in [-0.4, -0.2) is 45.1 Å². The van der Waals surface area contributed by atoms with E-state index in [-0.39, 0.29) is 11.3 Å². The van der Waals surface area contributed by atoms with Gasteiger partial charge in [-0.2, -0.15) is 4.98 Å². The average Bonchev–Trinajstić information content (AvgIpc) is 2.67. The molecule has 2 aromatic rings. The number of nitrogens with one attached hydrogen (secondary N) is 1. The van der Waals surface area contributed by atoms with Crippen LogP contribution in [0.5, 0.6) is 0 Å². The largest absolute Gasteiger partial charge is 0.462 e. The lowest BCUT2D eigenvalue weighted by Gasteiger charge is -2.08. The van der Waals surface area contributed by atoms with E-state index in [4.69, 9.17) is 21.1 Å². The molecule has 0 bridgehead atoms. The van der Waals surface area contributed by atoms with E-state index in [1.807, 2.05) is 13.8 Å². The molecular formula is C20H27ClN4O5. The fraction of sp³-hybridized carbons (Fsp3) is 0.500. The first-order valence-electron chi connectivity index (χ1n) is 9.66. The number of aromatic nitrogens is 4. The summed E-state index contributed by atoms with van der Waals surface area (Å²) in [6.07, 6.45) is 1.15. The van der Waals surface area contributed by atoms with E-state index in [0.717, 1.165) is 0 Å². The maximum Gasteiger partial charge on any atom is 0.345 e. The first kappa shape index (κ1) is 25.2. The summed E-state index contributed by atoms with van der Waals surface area (Å²) >= 11 is 5.71. The average molecular weight is 439 g/mol. The predicted molar refractivity (Wildman–Crippen MR) is 112 cm³/mol. The number of ether oxygens (including phenoxy) is 2. The number of carbonyl (C=O) groups excluding carboxylic acids is 2. The topological polar surface area (TPSA) is 124 Å². The quantitative estimate of drug-likeness (QED) is 0.539. The summed E-state index contributed by atoms with van der Waals surface area (Å²) in [6, 6.07) is 0. The van der Waals surface area contributed by atoms with Crippen molar-refractivity contribution in [3.63, 3.8) is 0 Å². The zero-order valence-electron chi connectivity index (χ0n) is 18.1. The van der Waals surface area contributed by atoms with E-state index in [9.17, 15) is 14.4 Å². The zero-order chi connectivity index (χ0) is 22.8. The molecule has 0 aliphatic rings. The third kappa shape index (κ3) is 6.62. The van der Waals surface area contributed by atoms with Crippen LogP contribution in [0.2, 0.25) is 5.28 Å². The van der Waals surface area contributed by atoms with E-state index < -0.39 is 11.7 Å². The van der Waals surface area contributed by atoms with Crippen LogP contribution >= 0.6 is 11.6 Å². The standard InChI is InChI=1S/C10H13ClN2O2.C10H14N2O3/c1-4-7-8(9(14)15-5-2)6(3)12-10(11)13-7;1-4-7-8(9(13)15-5-2)6(3)11-10(14)12-7/h4-5H2,1-3H3;4-5H2,1-3H3,(H,11,12,14). The summed E-state index contributed by atoms with van der Waals surface area (Å²) in [5.41, 5.74) is 2.55. The number of aromatic amines is 1. The zero-order valence-corrected chi connectivity index (χ0v) is 18.8. The maximum absolute atomic E-state index is 11.6. The molecule has 0 fully saturated rings. The maximum atomic E-state index is 11.6. The fourth-order valence-electron chi connectivity index (χ4n) is 2.70. The lowest BCUT2D eigenvalue weighted by atomic mass is 10.1. The van der Waals surface area contributed by atoms with Gasteiger partial charge in [0.25, 0.3) is 0 Å². The van der Waals surface area contributed by atoms with Gasteiger partial charge in [0, 0.05) is 5.69 Å². The van der Waals surface area contributed by atoms with E-state index >= 15 is 0 Å². The van der Waals surface area contributed by atoms with E-state index in [1.165, 1.54) is 0 Å². The number of rotatable bonds is 6. The van der Waals surface area contributed by atoms with Gasteiger partial charge in [0.15, 0.2) is 0 Å². The number of carbonyl (C=O) groups is 2. The molecule has 164 valence electrons. The van der Waals surface area contributed by atoms with Crippen LogP contribution in [0, 0.1) is 13.8 Å². The Labute approximate surface area is 180 Å². The van der Waals surface area contributed by atoms with Crippen molar-refractivity contribution in [1.29, 1.82) is 0 Å². The third-order valence-corrected chi connectivity index (χ3v) is 4.13. The highest BCUT2D eigenvalue weighted by atomic mass is 35.5. The molecule has 2 heterocycles. The second-order valence-electron chi connectivity index (χ2n) is 6.04. The molecule has 9 nitrogen and oxygen atoms in total. The summed E-state index contributed by atoms with van der Waals surface area (Å²) < 4.78 is 9.82. The summed E-state index contributed by atoms with van der Waals surface area (Å²) in [6.45, 7) is 11.3. The molecule has 0 aromatic carbocycles. The molecule has 30 heavy (non-hydrogen) atoms. The van der Waals surface area contributed by atoms with Crippen LogP contribution in [0.1, 0.15) is 71.2 Å². The molecule has 0 aliphatic carbocycles. The molecule has 0 atom stereocenters. The SMILES string of the molecule is CCOC(=O)c1c(C)nc(Cl)nc1CC.CCOC(=O)c1c(CC)nc(=O)[nH]c1C. The monoisotopic (exact) mass is 438 g/mol. The minimum Gasteiger partial charge on any atom is -0.462 e. The van der Waals surface area contributed by atoms with Gasteiger partial charge >= 0.3 is 17.6 Å². The first-order valence-corrected chi connectivity index (χ1v) is 10.0. The Hall–Kier alpha value is -2.81. The molecule has 0 spiro atoms. The summed E-state index contributed by atoms with van der Waals surface area (Å²) in [5.74, 6) is -0.820. The van der Waals surface area contributed by atoms with E-state index in [0.29, 0.717) is 60.0 Å². The van der Waals surface area contributed by atoms with Crippen LogP contribution in [0.3, 0.4) is 0 Å². The Morgan fingerprint density at radius 3 is 1.87 bits per heavy atom. The first-order chi connectivity index (χ1) is 14.2. The Bertz CT molecular complexity index is 959. The Morgan fingerprint density at radius 2 is 1.37 bits per heavy atom. The molecule has 0 amide bonds. The van der Waals surface area contributed by atoms with Crippen molar-refractivity contribution in [3.8, 4) is 0 Å². The van der Waals surface area contributed by atoms with Gasteiger partial charge in [0.2, 0.25) is 5.28 Å². The lowest BCUT2D eigenvalue weighted by Crippen LogP contribution is -2.21. The predicted octanol–water partition coefficient (Wildman–Crippen LogP) is 2.99. The van der Waals surface area contributed by atoms with Crippen LogP contribution in [0.25, 0.3) is 0 Å². The number of H-pyrrole nitrogens is 1. The van der Waals surface area contributed by atoms with Crippen molar-refractivity contribution < 1.29 is 19.1 Å². The van der Waals surface area contributed by atoms with Crippen LogP contribution < -0.4 is 5.69 Å². The van der Waals surface area contributed by atoms with E-state index in [1.54, 1.807) is 27.7 Å². The number of hydrogen-bond acceptors (Lipinski definition) is 8. The molecule has 2 rings (SSSR count). The minimum atomic E-state index is -0.435. The van der Waals surface area contributed by atoms with Crippen LogP contribution in [-0.2, 0) is 22.3 Å². The van der Waals surface area contributed by atoms with E-state index in [2.05, 4.69) is 19.9 Å². The molecule has 0 unspecified atom stereocenters. The summed E-state index contributed by atoms with van der Waals surface area (Å²) in [5, 5.41) is 0.164. The Kier molecular flexibility index (Phi) is 10.1.